The lowest BCUT2D eigenvalue weighted by Gasteiger charge is -2.31. The Labute approximate surface area is 95.0 Å². The Morgan fingerprint density at radius 2 is 2.00 bits per heavy atom. The van der Waals surface area contributed by atoms with Crippen LogP contribution in [0.25, 0.3) is 0 Å². The Hall–Kier alpha value is -0.0800. The quantitative estimate of drug-likeness (QED) is 0.709. The van der Waals surface area contributed by atoms with Gasteiger partial charge in [0.2, 0.25) is 0 Å². The molecule has 1 aliphatic heterocycles. The molecule has 0 aromatic carbocycles. The maximum atomic E-state index is 5.93. The molecule has 0 aromatic heterocycles. The molecule has 2 atom stereocenters. The van der Waals surface area contributed by atoms with Gasteiger partial charge in [-0.05, 0) is 56.7 Å². The molecule has 0 amide bonds. The molecule has 2 nitrogen and oxygen atoms in total. The molecule has 90 valence electrons. The predicted molar refractivity (Wildman–Crippen MR) is 66.8 cm³/mol. The van der Waals surface area contributed by atoms with Gasteiger partial charge in [-0.25, -0.2) is 0 Å². The number of hydrogen-bond acceptors (Lipinski definition) is 2. The van der Waals surface area contributed by atoms with Gasteiger partial charge in [-0.1, -0.05) is 26.7 Å². The molecule has 3 N–H and O–H groups in total. The highest BCUT2D eigenvalue weighted by Gasteiger charge is 2.23. The van der Waals surface area contributed by atoms with E-state index in [9.17, 15) is 0 Å². The zero-order valence-electron chi connectivity index (χ0n) is 10.5. The number of nitrogens with one attached hydrogen (secondary N) is 1. The van der Waals surface area contributed by atoms with Gasteiger partial charge in [0.1, 0.15) is 0 Å². The van der Waals surface area contributed by atoms with Crippen molar-refractivity contribution >= 4 is 0 Å². The highest BCUT2D eigenvalue weighted by molar-refractivity contribution is 4.77. The summed E-state index contributed by atoms with van der Waals surface area (Å²) >= 11 is 0. The van der Waals surface area contributed by atoms with E-state index in [0.717, 1.165) is 24.3 Å². The van der Waals surface area contributed by atoms with Crippen LogP contribution in [0.15, 0.2) is 0 Å². The summed E-state index contributed by atoms with van der Waals surface area (Å²) in [6.07, 6.45) is 6.68. The Bertz CT molecular complexity index is 153. The van der Waals surface area contributed by atoms with Crippen LogP contribution in [0, 0.1) is 17.8 Å². The first-order valence-electron chi connectivity index (χ1n) is 6.68. The maximum absolute atomic E-state index is 5.93. The van der Waals surface area contributed by atoms with Crippen LogP contribution in [0.5, 0.6) is 0 Å². The van der Waals surface area contributed by atoms with Crippen molar-refractivity contribution in [3.05, 3.63) is 0 Å². The van der Waals surface area contributed by atoms with E-state index in [4.69, 9.17) is 5.73 Å². The second-order valence-corrected chi connectivity index (χ2v) is 5.21. The molecule has 0 bridgehead atoms. The van der Waals surface area contributed by atoms with E-state index >= 15 is 0 Å². The van der Waals surface area contributed by atoms with Gasteiger partial charge in [-0.2, -0.15) is 0 Å². The molecule has 0 spiro atoms. The zero-order chi connectivity index (χ0) is 11.1. The van der Waals surface area contributed by atoms with E-state index in [1.807, 2.05) is 0 Å². The third-order valence-corrected chi connectivity index (χ3v) is 3.84. The minimum absolute atomic E-state index is 0.772. The minimum atomic E-state index is 0.772. The largest absolute Gasteiger partial charge is 0.330 e. The van der Waals surface area contributed by atoms with Gasteiger partial charge in [-0.3, -0.25) is 0 Å². The van der Waals surface area contributed by atoms with E-state index in [0.29, 0.717) is 0 Å². The Kier molecular flexibility index (Phi) is 6.26. The predicted octanol–water partition coefficient (Wildman–Crippen LogP) is 2.39. The molecule has 1 fully saturated rings. The maximum Gasteiger partial charge on any atom is -0.00461 e. The Balaban J connectivity index is 2.32. The first kappa shape index (κ1) is 13.0. The van der Waals surface area contributed by atoms with E-state index in [1.165, 1.54) is 45.2 Å². The molecular weight excluding hydrogens is 184 g/mol. The van der Waals surface area contributed by atoms with Crippen molar-refractivity contribution in [1.82, 2.24) is 5.32 Å². The van der Waals surface area contributed by atoms with Gasteiger partial charge in [0.25, 0.3) is 0 Å². The summed E-state index contributed by atoms with van der Waals surface area (Å²) in [5.41, 5.74) is 5.93. The fourth-order valence-corrected chi connectivity index (χ4v) is 2.92. The SMILES string of the molecule is CCC[C@@H](C)C[C@H](CN)C1CCNCC1. The van der Waals surface area contributed by atoms with Gasteiger partial charge in [0.05, 0.1) is 0 Å². The molecular formula is C13H28N2. The first-order chi connectivity index (χ1) is 7.27. The van der Waals surface area contributed by atoms with Gasteiger partial charge < -0.3 is 11.1 Å². The monoisotopic (exact) mass is 212 g/mol. The minimum Gasteiger partial charge on any atom is -0.330 e. The van der Waals surface area contributed by atoms with E-state index in [-0.39, 0.29) is 0 Å². The van der Waals surface area contributed by atoms with Crippen LogP contribution in [-0.2, 0) is 0 Å². The number of nitrogens with two attached hydrogens (primary N) is 1. The molecule has 2 heteroatoms. The first-order valence-corrected chi connectivity index (χ1v) is 6.68. The fraction of sp³-hybridized carbons (Fsp3) is 1.00. The van der Waals surface area contributed by atoms with Crippen molar-refractivity contribution in [3.8, 4) is 0 Å². The van der Waals surface area contributed by atoms with Crippen LogP contribution in [0.2, 0.25) is 0 Å². The second-order valence-electron chi connectivity index (χ2n) is 5.21. The molecule has 0 saturated carbocycles. The Morgan fingerprint density at radius 3 is 2.53 bits per heavy atom. The van der Waals surface area contributed by atoms with Crippen molar-refractivity contribution in [2.24, 2.45) is 23.5 Å². The van der Waals surface area contributed by atoms with Gasteiger partial charge >= 0.3 is 0 Å². The normalized spacial score (nSPS) is 22.6. The topological polar surface area (TPSA) is 38.0 Å². The van der Waals surface area contributed by atoms with Crippen LogP contribution in [0.4, 0.5) is 0 Å². The number of rotatable bonds is 6. The van der Waals surface area contributed by atoms with E-state index < -0.39 is 0 Å². The molecule has 1 rings (SSSR count). The highest BCUT2D eigenvalue weighted by atomic mass is 14.9. The van der Waals surface area contributed by atoms with Crippen LogP contribution in [0.1, 0.15) is 46.0 Å². The van der Waals surface area contributed by atoms with Crippen molar-refractivity contribution < 1.29 is 0 Å². The van der Waals surface area contributed by atoms with Crippen LogP contribution < -0.4 is 11.1 Å². The lowest BCUT2D eigenvalue weighted by molar-refractivity contribution is 0.224. The zero-order valence-corrected chi connectivity index (χ0v) is 10.5. The van der Waals surface area contributed by atoms with E-state index in [1.54, 1.807) is 0 Å². The molecule has 1 heterocycles. The summed E-state index contributed by atoms with van der Waals surface area (Å²) < 4.78 is 0. The van der Waals surface area contributed by atoms with Crippen molar-refractivity contribution in [2.45, 2.75) is 46.0 Å². The summed E-state index contributed by atoms with van der Waals surface area (Å²) in [4.78, 5) is 0. The van der Waals surface area contributed by atoms with Crippen LogP contribution >= 0.6 is 0 Å². The summed E-state index contributed by atoms with van der Waals surface area (Å²) in [6.45, 7) is 7.94. The van der Waals surface area contributed by atoms with Gasteiger partial charge in [0.15, 0.2) is 0 Å². The van der Waals surface area contributed by atoms with Crippen molar-refractivity contribution in [3.63, 3.8) is 0 Å². The molecule has 1 aliphatic rings. The van der Waals surface area contributed by atoms with Crippen molar-refractivity contribution in [2.75, 3.05) is 19.6 Å². The fourth-order valence-electron chi connectivity index (χ4n) is 2.92. The average molecular weight is 212 g/mol. The summed E-state index contributed by atoms with van der Waals surface area (Å²) in [5.74, 6) is 2.52. The molecule has 1 saturated heterocycles. The number of piperidine rings is 1. The van der Waals surface area contributed by atoms with Crippen molar-refractivity contribution in [1.29, 1.82) is 0 Å². The Morgan fingerprint density at radius 1 is 1.33 bits per heavy atom. The lowest BCUT2D eigenvalue weighted by atomic mass is 9.79. The van der Waals surface area contributed by atoms with E-state index in [2.05, 4.69) is 19.2 Å². The summed E-state index contributed by atoms with van der Waals surface area (Å²) in [6, 6.07) is 0. The molecule has 0 radical (unpaired) electrons. The molecule has 0 aliphatic carbocycles. The highest BCUT2D eigenvalue weighted by Crippen LogP contribution is 2.28. The molecule has 0 unspecified atom stereocenters. The standard InChI is InChI=1S/C13H28N2/c1-3-4-11(2)9-13(10-14)12-5-7-15-8-6-12/h11-13,15H,3-10,14H2,1-2H3/t11-,13-/m1/s1. The third-order valence-electron chi connectivity index (χ3n) is 3.84. The lowest BCUT2D eigenvalue weighted by Crippen LogP contribution is -2.35. The average Bonchev–Trinajstić information content (AvgIpc) is 2.27. The van der Waals surface area contributed by atoms with Gasteiger partial charge in [-0.15, -0.1) is 0 Å². The van der Waals surface area contributed by atoms with Crippen LogP contribution in [-0.4, -0.2) is 19.6 Å². The third kappa shape index (κ3) is 4.52. The smallest absolute Gasteiger partial charge is 0.00461 e. The summed E-state index contributed by atoms with van der Waals surface area (Å²) in [5, 5.41) is 3.43. The second kappa shape index (κ2) is 7.24. The molecule has 0 aromatic rings. The molecule has 15 heavy (non-hydrogen) atoms. The summed E-state index contributed by atoms with van der Waals surface area (Å²) in [7, 11) is 0. The van der Waals surface area contributed by atoms with Gasteiger partial charge in [0, 0.05) is 0 Å². The van der Waals surface area contributed by atoms with Crippen LogP contribution in [0.3, 0.4) is 0 Å². The number of hydrogen-bond donors (Lipinski definition) is 2.